The van der Waals surface area contributed by atoms with Crippen molar-refractivity contribution >= 4 is 40.3 Å². The summed E-state index contributed by atoms with van der Waals surface area (Å²) in [5.74, 6) is -1.15. The Balaban J connectivity index is 2.34. The van der Waals surface area contributed by atoms with E-state index in [1.165, 1.54) is 29.5 Å². The largest absolute Gasteiger partial charge is 0.478 e. The van der Waals surface area contributed by atoms with E-state index in [4.69, 9.17) is 16.7 Å². The van der Waals surface area contributed by atoms with Gasteiger partial charge in [-0.1, -0.05) is 11.6 Å². The van der Waals surface area contributed by atoms with Crippen molar-refractivity contribution in [2.75, 3.05) is 5.32 Å². The highest BCUT2D eigenvalue weighted by Crippen LogP contribution is 2.31. The lowest BCUT2D eigenvalue weighted by Gasteiger charge is -2.15. The molecule has 0 aliphatic carbocycles. The maximum atomic E-state index is 11.2. The Kier molecular flexibility index (Phi) is 4.44. The smallest absolute Gasteiger partial charge is 0.337 e. The number of nitro benzene ring substituents is 1. The van der Waals surface area contributed by atoms with E-state index in [-0.39, 0.29) is 23.0 Å². The Morgan fingerprint density at radius 1 is 1.43 bits per heavy atom. The quantitative estimate of drug-likeness (QED) is 0.635. The molecular weight excluding hydrogens is 316 g/mol. The van der Waals surface area contributed by atoms with Crippen LogP contribution in [0.15, 0.2) is 30.3 Å². The van der Waals surface area contributed by atoms with Crippen molar-refractivity contribution in [1.29, 1.82) is 0 Å². The third-order valence-electron chi connectivity index (χ3n) is 2.84. The molecule has 2 N–H and O–H groups in total. The van der Waals surface area contributed by atoms with Gasteiger partial charge in [0.15, 0.2) is 0 Å². The molecule has 1 atom stereocenters. The Morgan fingerprint density at radius 2 is 2.14 bits per heavy atom. The molecule has 1 heterocycles. The molecule has 0 spiro atoms. The number of nitrogens with zero attached hydrogens (tertiary/aromatic N) is 1. The van der Waals surface area contributed by atoms with E-state index in [0.29, 0.717) is 4.34 Å². The zero-order chi connectivity index (χ0) is 15.6. The maximum absolute atomic E-state index is 11.2. The molecule has 2 aromatic rings. The van der Waals surface area contributed by atoms with Crippen LogP contribution in [0.5, 0.6) is 0 Å². The van der Waals surface area contributed by atoms with E-state index < -0.39 is 10.9 Å². The summed E-state index contributed by atoms with van der Waals surface area (Å²) in [5.41, 5.74) is 0.0164. The molecule has 0 radical (unpaired) electrons. The minimum Gasteiger partial charge on any atom is -0.478 e. The van der Waals surface area contributed by atoms with Crippen molar-refractivity contribution in [2.45, 2.75) is 13.0 Å². The second-order valence-electron chi connectivity index (χ2n) is 4.30. The predicted molar refractivity (Wildman–Crippen MR) is 81.4 cm³/mol. The summed E-state index contributed by atoms with van der Waals surface area (Å²) in [6, 6.07) is 6.95. The van der Waals surface area contributed by atoms with Gasteiger partial charge in [-0.15, -0.1) is 11.3 Å². The second-order valence-corrected chi connectivity index (χ2v) is 6.05. The molecule has 2 rings (SSSR count). The monoisotopic (exact) mass is 326 g/mol. The molecule has 0 aliphatic heterocycles. The van der Waals surface area contributed by atoms with Gasteiger partial charge in [0, 0.05) is 17.0 Å². The van der Waals surface area contributed by atoms with Crippen molar-refractivity contribution < 1.29 is 14.8 Å². The van der Waals surface area contributed by atoms with Crippen molar-refractivity contribution in [2.24, 2.45) is 0 Å². The molecule has 1 unspecified atom stereocenters. The number of rotatable bonds is 5. The molecular formula is C13H11ClN2O4S. The van der Waals surface area contributed by atoms with E-state index in [1.54, 1.807) is 6.07 Å². The minimum atomic E-state index is -1.15. The van der Waals surface area contributed by atoms with Crippen LogP contribution in [0.2, 0.25) is 4.34 Å². The van der Waals surface area contributed by atoms with Gasteiger partial charge < -0.3 is 10.4 Å². The molecule has 1 aromatic carbocycles. The topological polar surface area (TPSA) is 92.5 Å². The number of benzene rings is 1. The van der Waals surface area contributed by atoms with E-state index in [1.807, 2.05) is 13.0 Å². The average molecular weight is 327 g/mol. The van der Waals surface area contributed by atoms with E-state index in [9.17, 15) is 14.9 Å². The summed E-state index contributed by atoms with van der Waals surface area (Å²) < 4.78 is 0.621. The highest BCUT2D eigenvalue weighted by Gasteiger charge is 2.18. The summed E-state index contributed by atoms with van der Waals surface area (Å²) >= 11 is 7.22. The van der Waals surface area contributed by atoms with Crippen LogP contribution in [0.3, 0.4) is 0 Å². The standard InChI is InChI=1S/C13H11ClN2O4S/c1-7(11-4-5-12(14)21-11)15-10-6-8(16(19)20)2-3-9(10)13(17)18/h2-7,15H,1H3,(H,17,18). The number of carboxylic acids is 1. The molecule has 0 fully saturated rings. The summed E-state index contributed by atoms with van der Waals surface area (Å²) in [7, 11) is 0. The summed E-state index contributed by atoms with van der Waals surface area (Å²) in [5, 5.41) is 22.9. The summed E-state index contributed by atoms with van der Waals surface area (Å²) in [6.45, 7) is 1.83. The maximum Gasteiger partial charge on any atom is 0.337 e. The molecule has 0 bridgehead atoms. The fourth-order valence-corrected chi connectivity index (χ4v) is 2.88. The Morgan fingerprint density at radius 3 is 2.67 bits per heavy atom. The van der Waals surface area contributed by atoms with E-state index >= 15 is 0 Å². The lowest BCUT2D eigenvalue weighted by atomic mass is 10.1. The van der Waals surface area contributed by atoms with Crippen LogP contribution < -0.4 is 5.32 Å². The molecule has 21 heavy (non-hydrogen) atoms. The van der Waals surface area contributed by atoms with Crippen LogP contribution in [0.1, 0.15) is 28.2 Å². The van der Waals surface area contributed by atoms with Gasteiger partial charge in [-0.3, -0.25) is 10.1 Å². The van der Waals surface area contributed by atoms with Gasteiger partial charge in [0.25, 0.3) is 5.69 Å². The SMILES string of the molecule is CC(Nc1cc([N+](=O)[O-])ccc1C(=O)O)c1ccc(Cl)s1. The number of carbonyl (C=O) groups is 1. The molecule has 0 amide bonds. The molecule has 110 valence electrons. The van der Waals surface area contributed by atoms with Gasteiger partial charge >= 0.3 is 5.97 Å². The molecule has 0 saturated carbocycles. The second kappa shape index (κ2) is 6.11. The van der Waals surface area contributed by atoms with Gasteiger partial charge in [0.2, 0.25) is 0 Å². The first kappa shape index (κ1) is 15.3. The third-order valence-corrected chi connectivity index (χ3v) is 4.25. The molecule has 0 aliphatic rings. The zero-order valence-electron chi connectivity index (χ0n) is 10.9. The minimum absolute atomic E-state index is 0.0184. The van der Waals surface area contributed by atoms with Gasteiger partial charge in [-0.2, -0.15) is 0 Å². The van der Waals surface area contributed by atoms with Gasteiger partial charge in [0.1, 0.15) is 0 Å². The number of aromatic carboxylic acids is 1. The van der Waals surface area contributed by atoms with Crippen LogP contribution in [0, 0.1) is 10.1 Å². The van der Waals surface area contributed by atoms with Crippen LogP contribution in [0.25, 0.3) is 0 Å². The Bertz CT molecular complexity index is 701. The highest BCUT2D eigenvalue weighted by atomic mass is 35.5. The van der Waals surface area contributed by atoms with Gasteiger partial charge in [-0.25, -0.2) is 4.79 Å². The number of halogens is 1. The average Bonchev–Trinajstić information content (AvgIpc) is 2.85. The van der Waals surface area contributed by atoms with Crippen molar-refractivity contribution in [3.8, 4) is 0 Å². The zero-order valence-corrected chi connectivity index (χ0v) is 12.4. The van der Waals surface area contributed by atoms with Crippen LogP contribution in [-0.2, 0) is 0 Å². The summed E-state index contributed by atoms with van der Waals surface area (Å²) in [4.78, 5) is 22.3. The molecule has 0 saturated heterocycles. The lowest BCUT2D eigenvalue weighted by molar-refractivity contribution is -0.384. The predicted octanol–water partition coefficient (Wildman–Crippen LogP) is 4.18. The van der Waals surface area contributed by atoms with Crippen LogP contribution in [0.4, 0.5) is 11.4 Å². The number of hydrogen-bond donors (Lipinski definition) is 2. The van der Waals surface area contributed by atoms with Gasteiger partial charge in [0.05, 0.1) is 26.6 Å². The van der Waals surface area contributed by atoms with Crippen LogP contribution >= 0.6 is 22.9 Å². The highest BCUT2D eigenvalue weighted by molar-refractivity contribution is 7.16. The number of nitro groups is 1. The Labute approximate surface area is 129 Å². The number of nitrogens with one attached hydrogen (secondary N) is 1. The van der Waals surface area contributed by atoms with Crippen LogP contribution in [-0.4, -0.2) is 16.0 Å². The number of anilines is 1. The first-order valence-corrected chi connectivity index (χ1v) is 7.11. The third kappa shape index (κ3) is 3.50. The van der Waals surface area contributed by atoms with Crippen molar-refractivity contribution in [3.05, 3.63) is 55.2 Å². The summed E-state index contributed by atoms with van der Waals surface area (Å²) in [6.07, 6.45) is 0. The first-order valence-electron chi connectivity index (χ1n) is 5.92. The Hall–Kier alpha value is -2.12. The number of carboxylic acid groups (broad SMARTS) is 1. The number of non-ortho nitro benzene ring substituents is 1. The number of hydrogen-bond acceptors (Lipinski definition) is 5. The first-order chi connectivity index (χ1) is 9.88. The lowest BCUT2D eigenvalue weighted by Crippen LogP contribution is -2.10. The molecule has 1 aromatic heterocycles. The number of thiophene rings is 1. The van der Waals surface area contributed by atoms with E-state index in [2.05, 4.69) is 5.32 Å². The van der Waals surface area contributed by atoms with Crippen molar-refractivity contribution in [1.82, 2.24) is 0 Å². The molecule has 6 nitrogen and oxygen atoms in total. The molecule has 8 heteroatoms. The van der Waals surface area contributed by atoms with Gasteiger partial charge in [-0.05, 0) is 25.1 Å². The normalized spacial score (nSPS) is 11.9. The fourth-order valence-electron chi connectivity index (χ4n) is 1.82. The van der Waals surface area contributed by atoms with Crippen molar-refractivity contribution in [3.63, 3.8) is 0 Å². The van der Waals surface area contributed by atoms with E-state index in [0.717, 1.165) is 4.88 Å². The fraction of sp³-hybridized carbons (Fsp3) is 0.154.